The lowest BCUT2D eigenvalue weighted by Crippen LogP contribution is -2.05. The topological polar surface area (TPSA) is 60.9 Å². The third-order valence-corrected chi connectivity index (χ3v) is 2.77. The molecule has 0 radical (unpaired) electrons. The molecule has 0 aliphatic carbocycles. The van der Waals surface area contributed by atoms with Crippen LogP contribution in [0.1, 0.15) is 5.56 Å². The van der Waals surface area contributed by atoms with Gasteiger partial charge in [-0.05, 0) is 23.8 Å². The Morgan fingerprint density at radius 1 is 1.33 bits per heavy atom. The molecule has 0 unspecified atom stereocenters. The SMILES string of the molecule is O=c1nc2n(Cc3ccc(Cl)nc3)cccc-2o1. The number of hydrogen-bond acceptors (Lipinski definition) is 4. The van der Waals surface area contributed by atoms with Gasteiger partial charge < -0.3 is 8.98 Å². The van der Waals surface area contributed by atoms with E-state index in [-0.39, 0.29) is 0 Å². The standard InChI is InChI=1S/C12H8ClN3O2/c13-10-4-3-8(6-14-10)7-16-5-1-2-9-11(16)15-12(17)18-9/h1-6H,7H2. The highest BCUT2D eigenvalue weighted by Crippen LogP contribution is 2.18. The first-order valence-corrected chi connectivity index (χ1v) is 5.66. The minimum atomic E-state index is -0.584. The van der Waals surface area contributed by atoms with Gasteiger partial charge >= 0.3 is 5.76 Å². The van der Waals surface area contributed by atoms with E-state index in [1.54, 1.807) is 24.4 Å². The summed E-state index contributed by atoms with van der Waals surface area (Å²) in [7, 11) is 0. The third-order valence-electron chi connectivity index (χ3n) is 2.54. The van der Waals surface area contributed by atoms with E-state index in [1.165, 1.54) is 0 Å². The Morgan fingerprint density at radius 3 is 3.00 bits per heavy atom. The van der Waals surface area contributed by atoms with Crippen LogP contribution in [0.2, 0.25) is 5.15 Å². The molecule has 2 aliphatic rings. The van der Waals surface area contributed by atoms with Gasteiger partial charge in [0.05, 0.1) is 6.54 Å². The summed E-state index contributed by atoms with van der Waals surface area (Å²) in [6, 6.07) is 7.11. The predicted molar refractivity (Wildman–Crippen MR) is 65.7 cm³/mol. The third kappa shape index (κ3) is 2.00. The molecule has 2 aliphatic heterocycles. The molecule has 0 atom stereocenters. The zero-order chi connectivity index (χ0) is 12.5. The van der Waals surface area contributed by atoms with Crippen molar-refractivity contribution in [3.05, 3.63) is 57.9 Å². The van der Waals surface area contributed by atoms with Gasteiger partial charge in [0.2, 0.25) is 0 Å². The zero-order valence-electron chi connectivity index (χ0n) is 9.21. The molecule has 1 aromatic heterocycles. The Bertz CT molecular complexity index is 702. The fraction of sp³-hybridized carbons (Fsp3) is 0.0833. The molecular weight excluding hydrogens is 254 g/mol. The molecule has 0 saturated carbocycles. The van der Waals surface area contributed by atoms with E-state index in [0.29, 0.717) is 23.3 Å². The Morgan fingerprint density at radius 2 is 2.22 bits per heavy atom. The lowest BCUT2D eigenvalue weighted by Gasteiger charge is -2.09. The monoisotopic (exact) mass is 261 g/mol. The first kappa shape index (κ1) is 11.0. The second kappa shape index (κ2) is 4.27. The zero-order valence-corrected chi connectivity index (χ0v) is 9.96. The minimum Gasteiger partial charge on any atom is -0.405 e. The van der Waals surface area contributed by atoms with E-state index in [0.717, 1.165) is 5.56 Å². The highest BCUT2D eigenvalue weighted by atomic mass is 35.5. The molecule has 0 amide bonds. The van der Waals surface area contributed by atoms with Gasteiger partial charge in [0.1, 0.15) is 5.15 Å². The van der Waals surface area contributed by atoms with Crippen molar-refractivity contribution in [3.63, 3.8) is 0 Å². The molecule has 3 rings (SSSR count). The van der Waals surface area contributed by atoms with Crippen LogP contribution in [0.5, 0.6) is 0 Å². The first-order chi connectivity index (χ1) is 8.72. The van der Waals surface area contributed by atoms with Crippen LogP contribution in [-0.2, 0) is 6.54 Å². The average molecular weight is 262 g/mol. The van der Waals surface area contributed by atoms with Crippen molar-refractivity contribution in [2.75, 3.05) is 0 Å². The van der Waals surface area contributed by atoms with Gasteiger partial charge in [-0.15, -0.1) is 0 Å². The molecule has 3 heterocycles. The van der Waals surface area contributed by atoms with E-state index in [9.17, 15) is 4.79 Å². The molecule has 0 bridgehead atoms. The fourth-order valence-corrected chi connectivity index (χ4v) is 1.86. The molecular formula is C12H8ClN3O2. The maximum absolute atomic E-state index is 11.1. The van der Waals surface area contributed by atoms with Gasteiger partial charge in [0, 0.05) is 12.4 Å². The van der Waals surface area contributed by atoms with E-state index in [4.69, 9.17) is 16.0 Å². The Labute approximate surface area is 107 Å². The van der Waals surface area contributed by atoms with Gasteiger partial charge in [0.15, 0.2) is 11.6 Å². The highest BCUT2D eigenvalue weighted by Gasteiger charge is 2.13. The Kier molecular flexibility index (Phi) is 2.60. The normalized spacial score (nSPS) is 10.9. The molecule has 0 saturated heterocycles. The first-order valence-electron chi connectivity index (χ1n) is 5.29. The predicted octanol–water partition coefficient (Wildman–Crippen LogP) is 2.04. The minimum absolute atomic E-state index is 0.449. The van der Waals surface area contributed by atoms with Crippen molar-refractivity contribution in [2.24, 2.45) is 0 Å². The molecule has 90 valence electrons. The van der Waals surface area contributed by atoms with Crippen LogP contribution in [0.3, 0.4) is 0 Å². The number of nitrogens with zero attached hydrogens (tertiary/aromatic N) is 3. The van der Waals surface area contributed by atoms with Crippen LogP contribution in [0.15, 0.2) is 45.9 Å². The lowest BCUT2D eigenvalue weighted by molar-refractivity contribution is 0.529. The van der Waals surface area contributed by atoms with Crippen molar-refractivity contribution < 1.29 is 4.42 Å². The van der Waals surface area contributed by atoms with Gasteiger partial charge in [-0.25, -0.2) is 9.78 Å². The molecule has 0 N–H and O–H groups in total. The summed E-state index contributed by atoms with van der Waals surface area (Å²) in [5.41, 5.74) is 0.965. The fourth-order valence-electron chi connectivity index (χ4n) is 1.75. The summed E-state index contributed by atoms with van der Waals surface area (Å²) in [6.45, 7) is 0.549. The van der Waals surface area contributed by atoms with E-state index < -0.39 is 5.76 Å². The van der Waals surface area contributed by atoms with Crippen molar-refractivity contribution in [2.45, 2.75) is 6.54 Å². The number of hydrogen-bond donors (Lipinski definition) is 0. The van der Waals surface area contributed by atoms with Gasteiger partial charge in [0.25, 0.3) is 0 Å². The summed E-state index contributed by atoms with van der Waals surface area (Å²) in [5.74, 6) is 0.418. The van der Waals surface area contributed by atoms with Crippen LogP contribution in [0.4, 0.5) is 0 Å². The van der Waals surface area contributed by atoms with E-state index >= 15 is 0 Å². The van der Waals surface area contributed by atoms with Crippen molar-refractivity contribution in [1.82, 2.24) is 14.5 Å². The lowest BCUT2D eigenvalue weighted by atomic mass is 10.2. The number of aromatic nitrogens is 3. The summed E-state index contributed by atoms with van der Waals surface area (Å²) < 4.78 is 6.77. The number of fused-ring (bicyclic) bond motifs is 1. The van der Waals surface area contributed by atoms with Crippen LogP contribution in [0, 0.1) is 0 Å². The molecule has 18 heavy (non-hydrogen) atoms. The van der Waals surface area contributed by atoms with Crippen LogP contribution < -0.4 is 5.76 Å². The van der Waals surface area contributed by atoms with Gasteiger partial charge in [-0.1, -0.05) is 17.7 Å². The maximum Gasteiger partial charge on any atom is 0.441 e. The molecule has 0 aromatic carbocycles. The summed E-state index contributed by atoms with van der Waals surface area (Å²) in [5, 5.41) is 0.449. The highest BCUT2D eigenvalue weighted by molar-refractivity contribution is 6.29. The van der Waals surface area contributed by atoms with Crippen molar-refractivity contribution in [3.8, 4) is 11.6 Å². The largest absolute Gasteiger partial charge is 0.441 e. The smallest absolute Gasteiger partial charge is 0.405 e. The van der Waals surface area contributed by atoms with E-state index in [2.05, 4.69) is 9.97 Å². The van der Waals surface area contributed by atoms with Crippen LogP contribution in [-0.4, -0.2) is 14.5 Å². The Balaban J connectivity index is 2.00. The second-order valence-electron chi connectivity index (χ2n) is 3.79. The van der Waals surface area contributed by atoms with Crippen LogP contribution in [0.25, 0.3) is 11.6 Å². The van der Waals surface area contributed by atoms with Gasteiger partial charge in [-0.2, -0.15) is 4.98 Å². The van der Waals surface area contributed by atoms with Crippen LogP contribution >= 0.6 is 11.6 Å². The number of rotatable bonds is 2. The van der Waals surface area contributed by atoms with Gasteiger partial charge in [-0.3, -0.25) is 0 Å². The second-order valence-corrected chi connectivity index (χ2v) is 4.18. The summed E-state index contributed by atoms with van der Waals surface area (Å²) in [6.07, 6.45) is 3.52. The molecule has 0 fully saturated rings. The number of oxazole rings is 1. The Hall–Kier alpha value is -2.14. The molecule has 1 aromatic rings. The maximum atomic E-state index is 11.1. The summed E-state index contributed by atoms with van der Waals surface area (Å²) in [4.78, 5) is 18.9. The number of pyridine rings is 2. The average Bonchev–Trinajstić information content (AvgIpc) is 2.73. The summed E-state index contributed by atoms with van der Waals surface area (Å²) >= 11 is 5.73. The number of halogens is 1. The van der Waals surface area contributed by atoms with E-state index in [1.807, 2.05) is 16.8 Å². The van der Waals surface area contributed by atoms with Crippen molar-refractivity contribution >= 4 is 11.6 Å². The quantitative estimate of drug-likeness (QED) is 0.662. The molecule has 6 heteroatoms. The molecule has 0 spiro atoms. The molecule has 5 nitrogen and oxygen atoms in total. The van der Waals surface area contributed by atoms with Crippen molar-refractivity contribution in [1.29, 1.82) is 0 Å².